The largest absolute Gasteiger partial charge is 0.356 e. The number of benzene rings is 2. The molecule has 5 heteroatoms. The Bertz CT molecular complexity index is 673. The number of halogens is 2. The predicted octanol–water partition coefficient (Wildman–Crippen LogP) is 4.57. The zero-order valence-electron chi connectivity index (χ0n) is 12.5. The van der Waals surface area contributed by atoms with E-state index in [9.17, 15) is 8.78 Å². The highest BCUT2D eigenvalue weighted by Crippen LogP contribution is 2.17. The van der Waals surface area contributed by atoms with Crippen LogP contribution < -0.4 is 10.6 Å². The summed E-state index contributed by atoms with van der Waals surface area (Å²) in [5, 5.41) is 6.59. The van der Waals surface area contributed by atoms with Crippen molar-refractivity contribution in [2.24, 2.45) is 0 Å². The first-order valence-electron chi connectivity index (χ1n) is 7.11. The fourth-order valence-corrected chi connectivity index (χ4v) is 2.39. The molecule has 0 unspecified atom stereocenters. The molecule has 0 saturated heterocycles. The Morgan fingerprint density at radius 2 is 1.91 bits per heavy atom. The highest BCUT2D eigenvalue weighted by Gasteiger charge is 2.10. The van der Waals surface area contributed by atoms with Gasteiger partial charge in [0.25, 0.3) is 0 Å². The van der Waals surface area contributed by atoms with Gasteiger partial charge in [-0.05, 0) is 61.0 Å². The van der Waals surface area contributed by atoms with E-state index in [0.717, 1.165) is 18.2 Å². The van der Waals surface area contributed by atoms with E-state index < -0.39 is 11.6 Å². The second-order valence-corrected chi connectivity index (χ2v) is 5.46. The molecule has 2 aromatic carbocycles. The second kappa shape index (κ2) is 7.31. The summed E-state index contributed by atoms with van der Waals surface area (Å²) in [6, 6.07) is 11.6. The molecule has 0 spiro atoms. The van der Waals surface area contributed by atoms with Crippen LogP contribution in [-0.4, -0.2) is 5.11 Å². The summed E-state index contributed by atoms with van der Waals surface area (Å²) in [6.07, 6.45) is 0.945. The van der Waals surface area contributed by atoms with Crippen molar-refractivity contribution >= 4 is 23.0 Å². The van der Waals surface area contributed by atoms with E-state index >= 15 is 0 Å². The first kappa shape index (κ1) is 16.4. The third-order valence-electron chi connectivity index (χ3n) is 3.38. The molecule has 0 aromatic heterocycles. The van der Waals surface area contributed by atoms with E-state index in [1.807, 2.05) is 31.2 Å². The van der Waals surface area contributed by atoms with Gasteiger partial charge in [-0.2, -0.15) is 0 Å². The Kier molecular flexibility index (Phi) is 5.44. The number of anilines is 1. The van der Waals surface area contributed by atoms with E-state index in [2.05, 4.69) is 17.6 Å². The lowest BCUT2D eigenvalue weighted by molar-refractivity contribution is 0.505. The molecule has 0 saturated carbocycles. The van der Waals surface area contributed by atoms with Crippen molar-refractivity contribution in [3.63, 3.8) is 0 Å². The van der Waals surface area contributed by atoms with Crippen LogP contribution in [0, 0.1) is 11.6 Å². The average Bonchev–Trinajstić information content (AvgIpc) is 2.50. The lowest BCUT2D eigenvalue weighted by atomic mass is 10.1. The van der Waals surface area contributed by atoms with Gasteiger partial charge in [0, 0.05) is 5.69 Å². The minimum atomic E-state index is -0.860. The average molecular weight is 320 g/mol. The number of thiocarbonyl (C=S) groups is 1. The van der Waals surface area contributed by atoms with Gasteiger partial charge in [-0.15, -0.1) is 0 Å². The molecule has 1 atom stereocenters. The quantitative estimate of drug-likeness (QED) is 0.807. The van der Waals surface area contributed by atoms with Crippen LogP contribution in [0.25, 0.3) is 0 Å². The molecule has 0 fully saturated rings. The lowest BCUT2D eigenvalue weighted by Crippen LogP contribution is -2.31. The zero-order chi connectivity index (χ0) is 16.1. The molecule has 0 aliphatic rings. The topological polar surface area (TPSA) is 24.1 Å². The number of hydrogen-bond acceptors (Lipinski definition) is 1. The highest BCUT2D eigenvalue weighted by atomic mass is 32.1. The summed E-state index contributed by atoms with van der Waals surface area (Å²) in [6.45, 7) is 3.92. The smallest absolute Gasteiger partial charge is 0.171 e. The first-order valence-corrected chi connectivity index (χ1v) is 7.52. The highest BCUT2D eigenvalue weighted by molar-refractivity contribution is 7.80. The van der Waals surface area contributed by atoms with Crippen LogP contribution in [0.1, 0.15) is 31.0 Å². The lowest BCUT2D eigenvalue weighted by Gasteiger charge is -2.18. The molecule has 0 aliphatic carbocycles. The van der Waals surface area contributed by atoms with Crippen molar-refractivity contribution in [3.8, 4) is 0 Å². The Hall–Kier alpha value is -2.01. The van der Waals surface area contributed by atoms with Crippen molar-refractivity contribution in [1.82, 2.24) is 5.32 Å². The summed E-state index contributed by atoms with van der Waals surface area (Å²) >= 11 is 5.26. The third kappa shape index (κ3) is 4.24. The summed E-state index contributed by atoms with van der Waals surface area (Å²) in [7, 11) is 0. The van der Waals surface area contributed by atoms with Crippen LogP contribution in [-0.2, 0) is 6.42 Å². The van der Waals surface area contributed by atoms with Gasteiger partial charge in [0.1, 0.15) is 0 Å². The van der Waals surface area contributed by atoms with Crippen LogP contribution in [0.2, 0.25) is 0 Å². The molecule has 0 aliphatic heterocycles. The Labute approximate surface area is 134 Å². The molecule has 116 valence electrons. The van der Waals surface area contributed by atoms with Crippen LogP contribution in [0.3, 0.4) is 0 Å². The minimum absolute atomic E-state index is 0.232. The van der Waals surface area contributed by atoms with Gasteiger partial charge in [0.15, 0.2) is 16.7 Å². The van der Waals surface area contributed by atoms with E-state index in [4.69, 9.17) is 12.2 Å². The van der Waals surface area contributed by atoms with E-state index in [1.165, 1.54) is 17.7 Å². The molecule has 0 radical (unpaired) electrons. The zero-order valence-corrected chi connectivity index (χ0v) is 13.3. The fourth-order valence-electron chi connectivity index (χ4n) is 2.10. The molecule has 0 heterocycles. The van der Waals surface area contributed by atoms with Crippen LogP contribution in [0.5, 0.6) is 0 Å². The van der Waals surface area contributed by atoms with Gasteiger partial charge >= 0.3 is 0 Å². The summed E-state index contributed by atoms with van der Waals surface area (Å²) < 4.78 is 26.2. The fraction of sp³-hybridized carbons (Fsp3) is 0.235. The second-order valence-electron chi connectivity index (χ2n) is 5.05. The Balaban J connectivity index is 2.00. The van der Waals surface area contributed by atoms with Gasteiger partial charge in [0.2, 0.25) is 0 Å². The molecule has 22 heavy (non-hydrogen) atoms. The standard InChI is InChI=1S/C17H18F2N2S/c1-3-12-5-4-6-14(9-12)21-17(22)20-11(2)13-7-8-15(18)16(19)10-13/h4-11H,3H2,1-2H3,(H2,20,21,22)/t11-/m0/s1. The van der Waals surface area contributed by atoms with Crippen molar-refractivity contribution in [2.75, 3.05) is 5.32 Å². The molecular weight excluding hydrogens is 302 g/mol. The molecule has 2 nitrogen and oxygen atoms in total. The van der Waals surface area contributed by atoms with Gasteiger partial charge in [-0.25, -0.2) is 8.78 Å². The van der Waals surface area contributed by atoms with Crippen LogP contribution >= 0.6 is 12.2 Å². The summed E-state index contributed by atoms with van der Waals surface area (Å²) in [5.74, 6) is -1.71. The van der Waals surface area contributed by atoms with Gasteiger partial charge in [-0.1, -0.05) is 25.1 Å². The molecule has 2 N–H and O–H groups in total. The Morgan fingerprint density at radius 1 is 1.14 bits per heavy atom. The molecular formula is C17H18F2N2S. The van der Waals surface area contributed by atoms with Crippen molar-refractivity contribution in [1.29, 1.82) is 0 Å². The normalized spacial score (nSPS) is 11.8. The number of rotatable bonds is 4. The molecule has 0 bridgehead atoms. The molecule has 0 amide bonds. The molecule has 2 rings (SSSR count). The minimum Gasteiger partial charge on any atom is -0.356 e. The Morgan fingerprint density at radius 3 is 2.59 bits per heavy atom. The van der Waals surface area contributed by atoms with E-state index in [1.54, 1.807) is 0 Å². The number of aryl methyl sites for hydroxylation is 1. The van der Waals surface area contributed by atoms with E-state index in [0.29, 0.717) is 10.7 Å². The SMILES string of the molecule is CCc1cccc(NC(=S)N[C@@H](C)c2ccc(F)c(F)c2)c1. The number of hydrogen-bond donors (Lipinski definition) is 2. The van der Waals surface area contributed by atoms with Gasteiger partial charge < -0.3 is 10.6 Å². The summed E-state index contributed by atoms with van der Waals surface area (Å²) in [4.78, 5) is 0. The molecule has 2 aromatic rings. The maximum absolute atomic E-state index is 13.3. The first-order chi connectivity index (χ1) is 10.5. The maximum atomic E-state index is 13.3. The van der Waals surface area contributed by atoms with Crippen LogP contribution in [0.4, 0.5) is 14.5 Å². The van der Waals surface area contributed by atoms with Crippen molar-refractivity contribution in [2.45, 2.75) is 26.3 Å². The van der Waals surface area contributed by atoms with Crippen molar-refractivity contribution < 1.29 is 8.78 Å². The maximum Gasteiger partial charge on any atom is 0.171 e. The monoisotopic (exact) mass is 320 g/mol. The summed E-state index contributed by atoms with van der Waals surface area (Å²) in [5.41, 5.74) is 2.74. The number of nitrogens with one attached hydrogen (secondary N) is 2. The predicted molar refractivity (Wildman–Crippen MR) is 89.9 cm³/mol. The van der Waals surface area contributed by atoms with Gasteiger partial charge in [-0.3, -0.25) is 0 Å². The van der Waals surface area contributed by atoms with Crippen molar-refractivity contribution in [3.05, 3.63) is 65.2 Å². The van der Waals surface area contributed by atoms with Gasteiger partial charge in [0.05, 0.1) is 6.04 Å². The van der Waals surface area contributed by atoms with Crippen LogP contribution in [0.15, 0.2) is 42.5 Å². The third-order valence-corrected chi connectivity index (χ3v) is 3.60. The van der Waals surface area contributed by atoms with E-state index in [-0.39, 0.29) is 6.04 Å².